The number of aryl methyl sites for hydroxylation is 2. The van der Waals surface area contributed by atoms with Crippen LogP contribution in [0.25, 0.3) is 0 Å². The van der Waals surface area contributed by atoms with Crippen LogP contribution in [0.3, 0.4) is 0 Å². The minimum atomic E-state index is -0.369. The van der Waals surface area contributed by atoms with Crippen molar-refractivity contribution in [2.45, 2.75) is 20.4 Å². The summed E-state index contributed by atoms with van der Waals surface area (Å²) in [6.45, 7) is 4.82. The fraction of sp³-hybridized carbons (Fsp3) is 0.286. The first-order valence-electron chi connectivity index (χ1n) is 5.99. The van der Waals surface area contributed by atoms with Crippen LogP contribution in [0.1, 0.15) is 16.7 Å². The Morgan fingerprint density at radius 2 is 2.11 bits per heavy atom. The highest BCUT2D eigenvalue weighted by atomic mass is 35.5. The van der Waals surface area contributed by atoms with Gasteiger partial charge in [-0.15, -0.1) is 0 Å². The maximum atomic E-state index is 11.4. The zero-order valence-electron chi connectivity index (χ0n) is 11.2. The summed E-state index contributed by atoms with van der Waals surface area (Å²) in [5, 5.41) is 6.26. The summed E-state index contributed by atoms with van der Waals surface area (Å²) in [5.41, 5.74) is 3.92. The Bertz CT molecular complexity index is 651. The van der Waals surface area contributed by atoms with Gasteiger partial charge in [-0.25, -0.2) is 5.10 Å². The summed E-state index contributed by atoms with van der Waals surface area (Å²) in [6, 6.07) is 6.31. The van der Waals surface area contributed by atoms with Crippen LogP contribution < -0.4 is 10.5 Å². The minimum Gasteiger partial charge on any atom is -0.368 e. The lowest BCUT2D eigenvalue weighted by Crippen LogP contribution is -2.21. The maximum Gasteiger partial charge on any atom is 0.285 e. The topological polar surface area (TPSA) is 49.0 Å². The van der Waals surface area contributed by atoms with Crippen molar-refractivity contribution in [2.75, 3.05) is 11.9 Å². The second-order valence-electron chi connectivity index (χ2n) is 4.68. The van der Waals surface area contributed by atoms with Crippen molar-refractivity contribution < 1.29 is 0 Å². The Kier molecular flexibility index (Phi) is 3.90. The molecule has 0 atom stereocenters. The Morgan fingerprint density at radius 1 is 1.37 bits per heavy atom. The van der Waals surface area contributed by atoms with Crippen molar-refractivity contribution in [3.05, 3.63) is 56.5 Å². The average Bonchev–Trinajstić information content (AvgIpc) is 2.36. The highest BCUT2D eigenvalue weighted by Crippen LogP contribution is 2.22. The molecule has 1 heterocycles. The third-order valence-electron chi connectivity index (χ3n) is 3.09. The Balaban J connectivity index is 2.28. The SMILES string of the molecule is Cc1ccc(CN(C)c2cn[nH]c(=O)c2Cl)c(C)c1. The molecule has 100 valence electrons. The fourth-order valence-electron chi connectivity index (χ4n) is 2.00. The van der Waals surface area contributed by atoms with Crippen LogP contribution in [-0.4, -0.2) is 17.2 Å². The first-order chi connectivity index (χ1) is 8.99. The molecule has 5 heteroatoms. The van der Waals surface area contributed by atoms with Gasteiger partial charge < -0.3 is 4.90 Å². The van der Waals surface area contributed by atoms with Gasteiger partial charge in [-0.1, -0.05) is 35.4 Å². The molecule has 0 aliphatic rings. The lowest BCUT2D eigenvalue weighted by molar-refractivity contribution is 0.887. The van der Waals surface area contributed by atoms with Crippen LogP contribution in [0.5, 0.6) is 0 Å². The van der Waals surface area contributed by atoms with Crippen molar-refractivity contribution in [2.24, 2.45) is 0 Å². The predicted octanol–water partition coefficient (Wildman–Crippen LogP) is 2.68. The summed E-state index contributed by atoms with van der Waals surface area (Å²) in [4.78, 5) is 13.4. The summed E-state index contributed by atoms with van der Waals surface area (Å²) in [5.74, 6) is 0. The molecule has 0 unspecified atom stereocenters. The van der Waals surface area contributed by atoms with Crippen molar-refractivity contribution in [1.29, 1.82) is 0 Å². The van der Waals surface area contributed by atoms with Gasteiger partial charge in [-0.3, -0.25) is 4.79 Å². The molecule has 2 aromatic rings. The van der Waals surface area contributed by atoms with Crippen molar-refractivity contribution in [1.82, 2.24) is 10.2 Å². The van der Waals surface area contributed by atoms with Gasteiger partial charge in [0.05, 0.1) is 11.9 Å². The highest BCUT2D eigenvalue weighted by Gasteiger charge is 2.11. The molecule has 1 N–H and O–H groups in total. The lowest BCUT2D eigenvalue weighted by atomic mass is 10.1. The second-order valence-corrected chi connectivity index (χ2v) is 5.06. The van der Waals surface area contributed by atoms with E-state index in [-0.39, 0.29) is 10.6 Å². The van der Waals surface area contributed by atoms with E-state index in [1.807, 2.05) is 11.9 Å². The molecule has 1 aromatic heterocycles. The summed E-state index contributed by atoms with van der Waals surface area (Å²) >= 11 is 5.99. The van der Waals surface area contributed by atoms with Gasteiger partial charge in [-0.05, 0) is 25.0 Å². The molecule has 2 rings (SSSR count). The third kappa shape index (κ3) is 2.96. The number of rotatable bonds is 3. The van der Waals surface area contributed by atoms with E-state index in [9.17, 15) is 4.79 Å². The zero-order valence-corrected chi connectivity index (χ0v) is 12.0. The number of aromatic amines is 1. The highest BCUT2D eigenvalue weighted by molar-refractivity contribution is 6.32. The zero-order chi connectivity index (χ0) is 14.0. The number of anilines is 1. The Labute approximate surface area is 117 Å². The predicted molar refractivity (Wildman–Crippen MR) is 77.9 cm³/mol. The van der Waals surface area contributed by atoms with E-state index in [0.29, 0.717) is 12.2 Å². The number of hydrogen-bond donors (Lipinski definition) is 1. The van der Waals surface area contributed by atoms with Crippen LogP contribution in [0, 0.1) is 13.8 Å². The van der Waals surface area contributed by atoms with Crippen molar-refractivity contribution >= 4 is 17.3 Å². The van der Waals surface area contributed by atoms with Crippen LogP contribution in [0.4, 0.5) is 5.69 Å². The first kappa shape index (κ1) is 13.6. The van der Waals surface area contributed by atoms with E-state index in [2.05, 4.69) is 42.2 Å². The quantitative estimate of drug-likeness (QED) is 0.938. The largest absolute Gasteiger partial charge is 0.368 e. The van der Waals surface area contributed by atoms with Gasteiger partial charge in [0.1, 0.15) is 5.02 Å². The third-order valence-corrected chi connectivity index (χ3v) is 3.46. The second kappa shape index (κ2) is 5.45. The molecular formula is C14H16ClN3O. The summed E-state index contributed by atoms with van der Waals surface area (Å²) in [6.07, 6.45) is 1.56. The molecule has 1 aromatic carbocycles. The van der Waals surface area contributed by atoms with Gasteiger partial charge in [0.2, 0.25) is 0 Å². The lowest BCUT2D eigenvalue weighted by Gasteiger charge is -2.20. The smallest absolute Gasteiger partial charge is 0.285 e. The molecule has 0 aliphatic heterocycles. The first-order valence-corrected chi connectivity index (χ1v) is 6.37. The van der Waals surface area contributed by atoms with Crippen LogP contribution in [0.15, 0.2) is 29.2 Å². The summed E-state index contributed by atoms with van der Waals surface area (Å²) < 4.78 is 0. The van der Waals surface area contributed by atoms with E-state index in [1.165, 1.54) is 16.7 Å². The van der Waals surface area contributed by atoms with Gasteiger partial charge in [0, 0.05) is 13.6 Å². The monoisotopic (exact) mass is 277 g/mol. The standard InChI is InChI=1S/C14H16ClN3O/c1-9-4-5-11(10(2)6-9)8-18(3)12-7-16-17-14(19)13(12)15/h4-7H,8H2,1-3H3,(H,17,19). The van der Waals surface area contributed by atoms with Crippen molar-refractivity contribution in [3.63, 3.8) is 0 Å². The number of aromatic nitrogens is 2. The van der Waals surface area contributed by atoms with E-state index >= 15 is 0 Å². The molecule has 0 amide bonds. The molecule has 0 spiro atoms. The Hall–Kier alpha value is -1.81. The number of nitrogens with one attached hydrogen (secondary N) is 1. The van der Waals surface area contributed by atoms with E-state index in [4.69, 9.17) is 11.6 Å². The average molecular weight is 278 g/mol. The van der Waals surface area contributed by atoms with Gasteiger partial charge in [0.25, 0.3) is 5.56 Å². The molecule has 0 radical (unpaired) electrons. The number of hydrogen-bond acceptors (Lipinski definition) is 3. The number of H-pyrrole nitrogens is 1. The molecule has 4 nitrogen and oxygen atoms in total. The molecular weight excluding hydrogens is 262 g/mol. The van der Waals surface area contributed by atoms with E-state index in [1.54, 1.807) is 6.20 Å². The summed E-state index contributed by atoms with van der Waals surface area (Å²) in [7, 11) is 1.89. The van der Waals surface area contributed by atoms with E-state index < -0.39 is 0 Å². The number of benzene rings is 1. The molecule has 0 saturated heterocycles. The maximum absolute atomic E-state index is 11.4. The molecule has 0 aliphatic carbocycles. The van der Waals surface area contributed by atoms with Gasteiger partial charge >= 0.3 is 0 Å². The van der Waals surface area contributed by atoms with Gasteiger partial charge in [-0.2, -0.15) is 5.10 Å². The molecule has 19 heavy (non-hydrogen) atoms. The number of halogens is 1. The van der Waals surface area contributed by atoms with Crippen LogP contribution in [-0.2, 0) is 6.54 Å². The number of nitrogens with zero attached hydrogens (tertiary/aromatic N) is 2. The van der Waals surface area contributed by atoms with Crippen LogP contribution in [0.2, 0.25) is 5.02 Å². The van der Waals surface area contributed by atoms with Crippen LogP contribution >= 0.6 is 11.6 Å². The van der Waals surface area contributed by atoms with Gasteiger partial charge in [0.15, 0.2) is 0 Å². The Morgan fingerprint density at radius 3 is 2.79 bits per heavy atom. The fourth-order valence-corrected chi connectivity index (χ4v) is 2.24. The van der Waals surface area contributed by atoms with E-state index in [0.717, 1.165) is 0 Å². The minimum absolute atomic E-state index is 0.169. The molecule has 0 bridgehead atoms. The molecule has 0 saturated carbocycles. The normalized spacial score (nSPS) is 10.5. The molecule has 0 fully saturated rings. The van der Waals surface area contributed by atoms with Crippen molar-refractivity contribution in [3.8, 4) is 0 Å².